The number of aliphatic hydroxyl groups is 2. The van der Waals surface area contributed by atoms with Gasteiger partial charge >= 0.3 is 0 Å². The number of aromatic nitrogens is 1. The molecule has 2 heterocycles. The molecule has 0 bridgehead atoms. The minimum absolute atomic E-state index is 0.0376. The van der Waals surface area contributed by atoms with Crippen molar-refractivity contribution in [3.63, 3.8) is 0 Å². The Labute approximate surface area is 175 Å². The van der Waals surface area contributed by atoms with Gasteiger partial charge in [-0.15, -0.1) is 0 Å². The number of halogens is 2. The van der Waals surface area contributed by atoms with Crippen LogP contribution in [0, 0.1) is 5.82 Å². The van der Waals surface area contributed by atoms with E-state index in [9.17, 15) is 9.50 Å². The minimum atomic E-state index is -0.907. The molecule has 5 nitrogen and oxygen atoms in total. The van der Waals surface area contributed by atoms with E-state index >= 15 is 0 Å². The normalized spacial score (nSPS) is 20.7. The molecule has 0 spiro atoms. The van der Waals surface area contributed by atoms with Crippen LogP contribution >= 0.6 is 11.6 Å². The molecule has 1 saturated heterocycles. The van der Waals surface area contributed by atoms with Crippen molar-refractivity contribution in [1.29, 1.82) is 0 Å². The van der Waals surface area contributed by atoms with Gasteiger partial charge < -0.3 is 19.5 Å². The van der Waals surface area contributed by atoms with Gasteiger partial charge in [0.15, 0.2) is 0 Å². The number of aliphatic imine (C=N–C) groups is 1. The number of hydrogen-bond donors (Lipinski definition) is 2. The summed E-state index contributed by atoms with van der Waals surface area (Å²) in [4.78, 5) is 4.30. The lowest BCUT2D eigenvalue weighted by Gasteiger charge is -2.20. The van der Waals surface area contributed by atoms with E-state index in [2.05, 4.69) is 18.5 Å². The van der Waals surface area contributed by atoms with Crippen molar-refractivity contribution in [2.75, 3.05) is 7.11 Å². The maximum absolute atomic E-state index is 13.7. The van der Waals surface area contributed by atoms with Crippen LogP contribution in [0.15, 0.2) is 35.5 Å². The van der Waals surface area contributed by atoms with Gasteiger partial charge in [-0.3, -0.25) is 4.99 Å². The molecule has 1 fully saturated rings. The van der Waals surface area contributed by atoms with Crippen molar-refractivity contribution in [2.24, 2.45) is 4.99 Å². The highest BCUT2D eigenvalue weighted by Crippen LogP contribution is 2.35. The van der Waals surface area contributed by atoms with Crippen LogP contribution in [0.3, 0.4) is 0 Å². The van der Waals surface area contributed by atoms with Crippen LogP contribution in [0.1, 0.15) is 50.5 Å². The standard InChI is InChI=1S/C21H24ClFN2O2.CH4O/c1-3-4-10-24-13-16-9-11-25(14(16)2)20-8-7-19(27-20)21(26)15-5-6-17(22)18(23)12-15;1-2/h5-6,9-13,19-21,26H,2-4,7-8H2,1H3;2H,1H3/b16-13-,24-10?;. The molecular weight excluding hydrogens is 395 g/mol. The average molecular weight is 423 g/mol. The van der Waals surface area contributed by atoms with Gasteiger partial charge in [0.2, 0.25) is 0 Å². The quantitative estimate of drug-likeness (QED) is 0.702. The molecule has 0 aliphatic carbocycles. The van der Waals surface area contributed by atoms with E-state index in [1.54, 1.807) is 12.3 Å². The molecular formula is C22H28ClFN2O3. The monoisotopic (exact) mass is 422 g/mol. The van der Waals surface area contributed by atoms with Gasteiger partial charge in [0.25, 0.3) is 0 Å². The van der Waals surface area contributed by atoms with Crippen LogP contribution in [0.4, 0.5) is 4.39 Å². The lowest BCUT2D eigenvalue weighted by Crippen LogP contribution is -2.30. The Bertz CT molecular complexity index is 929. The van der Waals surface area contributed by atoms with Gasteiger partial charge in [0, 0.05) is 36.3 Å². The summed E-state index contributed by atoms with van der Waals surface area (Å²) in [5.41, 5.74) is 0.462. The fourth-order valence-electron chi connectivity index (χ4n) is 3.21. The lowest BCUT2D eigenvalue weighted by atomic mass is 10.0. The van der Waals surface area contributed by atoms with E-state index < -0.39 is 18.0 Å². The second kappa shape index (κ2) is 11.3. The predicted octanol–water partition coefficient (Wildman–Crippen LogP) is 3.32. The van der Waals surface area contributed by atoms with E-state index in [1.807, 2.05) is 23.0 Å². The van der Waals surface area contributed by atoms with Crippen LogP contribution < -0.4 is 10.6 Å². The number of nitrogens with zero attached hydrogens (tertiary/aromatic N) is 2. The van der Waals surface area contributed by atoms with Crippen LogP contribution in [0.5, 0.6) is 0 Å². The Morgan fingerprint density at radius 3 is 2.83 bits per heavy atom. The molecule has 1 aromatic carbocycles. The second-order valence-corrected chi connectivity index (χ2v) is 7.11. The zero-order valence-electron chi connectivity index (χ0n) is 16.8. The third kappa shape index (κ3) is 5.76. The fraction of sp³-hybridized carbons (Fsp3) is 0.409. The topological polar surface area (TPSA) is 67.0 Å². The Morgan fingerprint density at radius 2 is 2.14 bits per heavy atom. The molecule has 1 aromatic heterocycles. The molecule has 3 rings (SSSR count). The van der Waals surface area contributed by atoms with Crippen molar-refractivity contribution in [1.82, 2.24) is 4.57 Å². The largest absolute Gasteiger partial charge is 0.400 e. The summed E-state index contributed by atoms with van der Waals surface area (Å²) < 4.78 is 21.7. The molecule has 2 N–H and O–H groups in total. The van der Waals surface area contributed by atoms with E-state index in [1.165, 1.54) is 12.1 Å². The maximum Gasteiger partial charge on any atom is 0.142 e. The summed E-state index contributed by atoms with van der Waals surface area (Å²) >= 11 is 5.71. The summed E-state index contributed by atoms with van der Waals surface area (Å²) in [5, 5.41) is 19.4. The third-order valence-electron chi connectivity index (χ3n) is 4.77. The van der Waals surface area contributed by atoms with Gasteiger partial charge in [-0.2, -0.15) is 0 Å². The summed E-state index contributed by atoms with van der Waals surface area (Å²) in [6.45, 7) is 6.23. The summed E-state index contributed by atoms with van der Waals surface area (Å²) in [6.07, 6.45) is 7.50. The first-order valence-corrected chi connectivity index (χ1v) is 10.00. The van der Waals surface area contributed by atoms with Gasteiger partial charge in [-0.25, -0.2) is 4.39 Å². The minimum Gasteiger partial charge on any atom is -0.400 e. The first-order valence-electron chi connectivity index (χ1n) is 9.62. The Morgan fingerprint density at radius 1 is 1.38 bits per heavy atom. The average Bonchev–Trinajstić information content (AvgIpc) is 3.35. The summed E-state index contributed by atoms with van der Waals surface area (Å²) in [5.74, 6) is -0.544. The first-order chi connectivity index (χ1) is 14.0. The van der Waals surface area contributed by atoms with Gasteiger partial charge in [-0.1, -0.05) is 37.6 Å². The highest BCUT2D eigenvalue weighted by molar-refractivity contribution is 6.30. The molecule has 3 atom stereocenters. The van der Waals surface area contributed by atoms with Crippen molar-refractivity contribution in [3.8, 4) is 0 Å². The number of aliphatic hydroxyl groups excluding tert-OH is 2. The zero-order valence-corrected chi connectivity index (χ0v) is 17.5. The highest BCUT2D eigenvalue weighted by atomic mass is 35.5. The first kappa shape index (κ1) is 23.3. The van der Waals surface area contributed by atoms with Crippen molar-refractivity contribution in [2.45, 2.75) is 51.0 Å². The maximum atomic E-state index is 13.7. The molecule has 1 aliphatic rings. The predicted molar refractivity (Wildman–Crippen MR) is 115 cm³/mol. The summed E-state index contributed by atoms with van der Waals surface area (Å²) in [6, 6.07) is 6.28. The molecule has 7 heteroatoms. The number of hydrogen-bond acceptors (Lipinski definition) is 4. The van der Waals surface area contributed by atoms with Gasteiger partial charge in [-0.05, 0) is 43.0 Å². The highest BCUT2D eigenvalue weighted by Gasteiger charge is 2.32. The van der Waals surface area contributed by atoms with Crippen LogP contribution in [-0.4, -0.2) is 34.2 Å². The van der Waals surface area contributed by atoms with E-state index in [-0.39, 0.29) is 11.3 Å². The van der Waals surface area contributed by atoms with Gasteiger partial charge in [0.05, 0.1) is 11.1 Å². The van der Waals surface area contributed by atoms with Crippen LogP contribution in [-0.2, 0) is 4.74 Å². The number of benzene rings is 1. The molecule has 29 heavy (non-hydrogen) atoms. The molecule has 0 amide bonds. The Balaban J connectivity index is 0.00000145. The van der Waals surface area contributed by atoms with E-state index in [4.69, 9.17) is 21.4 Å². The Hall–Kier alpha value is -1.99. The smallest absolute Gasteiger partial charge is 0.142 e. The van der Waals surface area contributed by atoms with Gasteiger partial charge in [0.1, 0.15) is 18.1 Å². The zero-order chi connectivity index (χ0) is 21.4. The SMILES string of the molecule is C=c1/c(=C\N=CCCC)ccn1C1CCC(C(O)c2ccc(Cl)c(F)c2)O1.CO. The number of unbranched alkanes of at least 4 members (excludes halogenated alkanes) is 1. The number of rotatable bonds is 6. The molecule has 158 valence electrons. The molecule has 1 aliphatic heterocycles. The third-order valence-corrected chi connectivity index (χ3v) is 5.08. The lowest BCUT2D eigenvalue weighted by molar-refractivity contribution is -0.0612. The van der Waals surface area contributed by atoms with Crippen LogP contribution in [0.25, 0.3) is 12.8 Å². The van der Waals surface area contributed by atoms with E-state index in [0.717, 1.165) is 36.9 Å². The van der Waals surface area contributed by atoms with Crippen LogP contribution in [0.2, 0.25) is 5.02 Å². The van der Waals surface area contributed by atoms with Crippen molar-refractivity contribution >= 4 is 30.6 Å². The van der Waals surface area contributed by atoms with Crippen molar-refractivity contribution in [3.05, 3.63) is 57.4 Å². The van der Waals surface area contributed by atoms with E-state index in [0.29, 0.717) is 12.0 Å². The molecule has 0 radical (unpaired) electrons. The summed E-state index contributed by atoms with van der Waals surface area (Å²) in [7, 11) is 1.00. The number of ether oxygens (including phenoxy) is 1. The van der Waals surface area contributed by atoms with Crippen molar-refractivity contribution < 1.29 is 19.3 Å². The molecule has 0 saturated carbocycles. The molecule has 3 unspecified atom stereocenters. The Kier molecular flexibility index (Phi) is 9.04. The fourth-order valence-corrected chi connectivity index (χ4v) is 3.33. The molecule has 2 aromatic rings. The second-order valence-electron chi connectivity index (χ2n) is 6.70.